The predicted octanol–water partition coefficient (Wildman–Crippen LogP) is 3.88. The summed E-state index contributed by atoms with van der Waals surface area (Å²) in [5.74, 6) is 0.00591. The van der Waals surface area contributed by atoms with Gasteiger partial charge in [0.05, 0.1) is 5.56 Å². The van der Waals surface area contributed by atoms with Gasteiger partial charge in [-0.2, -0.15) is 0 Å². The van der Waals surface area contributed by atoms with E-state index in [-0.39, 0.29) is 5.91 Å². The topological polar surface area (TPSA) is 33.2 Å². The molecule has 0 aliphatic carbocycles. The minimum Gasteiger partial charge on any atom is -0.339 e. The molecule has 0 saturated heterocycles. The van der Waals surface area contributed by atoms with Gasteiger partial charge in [0.2, 0.25) is 0 Å². The van der Waals surface area contributed by atoms with Crippen LogP contribution in [0, 0.1) is 0 Å². The minimum atomic E-state index is 0.00591. The molecule has 3 nitrogen and oxygen atoms in total. The monoisotopic (exact) mass is 288 g/mol. The van der Waals surface area contributed by atoms with Crippen LogP contribution in [0.2, 0.25) is 5.02 Å². The first kappa shape index (κ1) is 14.5. The SMILES string of the molecule is CCN(CC)C(=O)c1cncc(-c2cccc(Cl)c2)c1. The van der Waals surface area contributed by atoms with Gasteiger partial charge in [-0.3, -0.25) is 9.78 Å². The lowest BCUT2D eigenvalue weighted by Gasteiger charge is -2.18. The quantitative estimate of drug-likeness (QED) is 0.855. The van der Waals surface area contributed by atoms with E-state index >= 15 is 0 Å². The first-order chi connectivity index (χ1) is 9.65. The van der Waals surface area contributed by atoms with Gasteiger partial charge in [-0.1, -0.05) is 23.7 Å². The van der Waals surface area contributed by atoms with Crippen molar-refractivity contribution in [1.29, 1.82) is 0 Å². The van der Waals surface area contributed by atoms with E-state index in [2.05, 4.69) is 4.98 Å². The number of nitrogens with zero attached hydrogens (tertiary/aromatic N) is 2. The lowest BCUT2D eigenvalue weighted by Crippen LogP contribution is -2.30. The van der Waals surface area contributed by atoms with Crippen molar-refractivity contribution < 1.29 is 4.79 Å². The van der Waals surface area contributed by atoms with Gasteiger partial charge in [0.1, 0.15) is 0 Å². The van der Waals surface area contributed by atoms with Crippen molar-refractivity contribution in [2.75, 3.05) is 13.1 Å². The molecule has 0 spiro atoms. The lowest BCUT2D eigenvalue weighted by molar-refractivity contribution is 0.0772. The fourth-order valence-corrected chi connectivity index (χ4v) is 2.27. The van der Waals surface area contributed by atoms with E-state index in [1.807, 2.05) is 44.2 Å². The number of carbonyl (C=O) groups excluding carboxylic acids is 1. The molecule has 0 unspecified atom stereocenters. The van der Waals surface area contributed by atoms with E-state index in [4.69, 9.17) is 11.6 Å². The third-order valence-electron chi connectivity index (χ3n) is 3.19. The Kier molecular flexibility index (Phi) is 4.74. The maximum Gasteiger partial charge on any atom is 0.255 e. The van der Waals surface area contributed by atoms with E-state index in [1.54, 1.807) is 17.3 Å². The van der Waals surface area contributed by atoms with Crippen LogP contribution in [0.3, 0.4) is 0 Å². The molecule has 0 N–H and O–H groups in total. The zero-order valence-electron chi connectivity index (χ0n) is 11.6. The molecule has 1 aromatic carbocycles. The molecule has 104 valence electrons. The molecule has 1 heterocycles. The van der Waals surface area contributed by atoms with Gasteiger partial charge in [-0.25, -0.2) is 0 Å². The molecule has 0 bridgehead atoms. The van der Waals surface area contributed by atoms with Crippen LogP contribution in [0.25, 0.3) is 11.1 Å². The normalized spacial score (nSPS) is 10.3. The molecule has 1 aromatic heterocycles. The fraction of sp³-hybridized carbons (Fsp3) is 0.250. The molecule has 2 rings (SSSR count). The largest absolute Gasteiger partial charge is 0.339 e. The van der Waals surface area contributed by atoms with Crippen LogP contribution in [-0.2, 0) is 0 Å². The summed E-state index contributed by atoms with van der Waals surface area (Å²) < 4.78 is 0. The Balaban J connectivity index is 2.35. The number of aromatic nitrogens is 1. The Morgan fingerprint density at radius 3 is 2.55 bits per heavy atom. The van der Waals surface area contributed by atoms with E-state index in [0.29, 0.717) is 23.7 Å². The third kappa shape index (κ3) is 3.17. The first-order valence-electron chi connectivity index (χ1n) is 6.66. The number of rotatable bonds is 4. The number of halogens is 1. The van der Waals surface area contributed by atoms with Crippen molar-refractivity contribution in [3.8, 4) is 11.1 Å². The number of carbonyl (C=O) groups is 1. The van der Waals surface area contributed by atoms with Crippen molar-refractivity contribution in [3.05, 3.63) is 53.3 Å². The second kappa shape index (κ2) is 6.53. The summed E-state index contributed by atoms with van der Waals surface area (Å²) in [4.78, 5) is 18.3. The highest BCUT2D eigenvalue weighted by atomic mass is 35.5. The molecular formula is C16H17ClN2O. The Morgan fingerprint density at radius 2 is 1.90 bits per heavy atom. The van der Waals surface area contributed by atoms with Gasteiger partial charge in [0.15, 0.2) is 0 Å². The molecule has 1 amide bonds. The molecule has 4 heteroatoms. The Bertz CT molecular complexity index is 609. The van der Waals surface area contributed by atoms with E-state index in [0.717, 1.165) is 11.1 Å². The van der Waals surface area contributed by atoms with Crippen molar-refractivity contribution in [2.24, 2.45) is 0 Å². The van der Waals surface area contributed by atoms with Crippen LogP contribution < -0.4 is 0 Å². The Labute approximate surface area is 124 Å². The number of benzene rings is 1. The van der Waals surface area contributed by atoms with Crippen molar-refractivity contribution >= 4 is 17.5 Å². The summed E-state index contributed by atoms with van der Waals surface area (Å²) in [7, 11) is 0. The zero-order chi connectivity index (χ0) is 14.5. The van der Waals surface area contributed by atoms with Gasteiger partial charge in [-0.05, 0) is 37.6 Å². The van der Waals surface area contributed by atoms with Crippen LogP contribution in [0.5, 0.6) is 0 Å². The van der Waals surface area contributed by atoms with E-state index in [1.165, 1.54) is 0 Å². The second-order valence-corrected chi connectivity index (χ2v) is 4.89. The molecule has 2 aromatic rings. The first-order valence-corrected chi connectivity index (χ1v) is 7.03. The average Bonchev–Trinajstić information content (AvgIpc) is 2.48. The van der Waals surface area contributed by atoms with Crippen molar-refractivity contribution in [1.82, 2.24) is 9.88 Å². The Hall–Kier alpha value is -1.87. The third-order valence-corrected chi connectivity index (χ3v) is 3.43. The van der Waals surface area contributed by atoms with Gasteiger partial charge in [-0.15, -0.1) is 0 Å². The van der Waals surface area contributed by atoms with Crippen LogP contribution in [0.4, 0.5) is 0 Å². The minimum absolute atomic E-state index is 0.00591. The van der Waals surface area contributed by atoms with Crippen molar-refractivity contribution in [2.45, 2.75) is 13.8 Å². The van der Waals surface area contributed by atoms with Gasteiger partial charge in [0.25, 0.3) is 5.91 Å². The number of hydrogen-bond donors (Lipinski definition) is 0. The smallest absolute Gasteiger partial charge is 0.255 e. The molecular weight excluding hydrogens is 272 g/mol. The molecule has 0 fully saturated rings. The van der Waals surface area contributed by atoms with Crippen LogP contribution in [-0.4, -0.2) is 28.9 Å². The summed E-state index contributed by atoms with van der Waals surface area (Å²) in [6, 6.07) is 9.39. The lowest BCUT2D eigenvalue weighted by atomic mass is 10.1. The summed E-state index contributed by atoms with van der Waals surface area (Å²) in [5.41, 5.74) is 2.45. The van der Waals surface area contributed by atoms with E-state index in [9.17, 15) is 4.79 Å². The molecule has 0 aliphatic heterocycles. The van der Waals surface area contributed by atoms with E-state index < -0.39 is 0 Å². The fourth-order valence-electron chi connectivity index (χ4n) is 2.08. The number of amides is 1. The highest BCUT2D eigenvalue weighted by Crippen LogP contribution is 2.23. The van der Waals surface area contributed by atoms with Crippen molar-refractivity contribution in [3.63, 3.8) is 0 Å². The zero-order valence-corrected chi connectivity index (χ0v) is 12.4. The van der Waals surface area contributed by atoms with Gasteiger partial charge >= 0.3 is 0 Å². The van der Waals surface area contributed by atoms with Crippen LogP contribution in [0.1, 0.15) is 24.2 Å². The number of pyridine rings is 1. The second-order valence-electron chi connectivity index (χ2n) is 4.45. The maximum absolute atomic E-state index is 12.3. The molecule has 0 aliphatic rings. The molecule has 0 radical (unpaired) electrons. The highest BCUT2D eigenvalue weighted by Gasteiger charge is 2.13. The molecule has 20 heavy (non-hydrogen) atoms. The highest BCUT2D eigenvalue weighted by molar-refractivity contribution is 6.30. The summed E-state index contributed by atoms with van der Waals surface area (Å²) in [6.45, 7) is 5.32. The summed E-state index contributed by atoms with van der Waals surface area (Å²) in [5, 5.41) is 0.669. The maximum atomic E-state index is 12.3. The predicted molar refractivity (Wildman–Crippen MR) is 81.9 cm³/mol. The van der Waals surface area contributed by atoms with Gasteiger partial charge < -0.3 is 4.90 Å². The standard InChI is InChI=1S/C16H17ClN2O/c1-3-19(4-2)16(20)14-8-13(10-18-11-14)12-6-5-7-15(17)9-12/h5-11H,3-4H2,1-2H3. The summed E-state index contributed by atoms with van der Waals surface area (Å²) in [6.07, 6.45) is 3.35. The molecule has 0 atom stereocenters. The number of hydrogen-bond acceptors (Lipinski definition) is 2. The average molecular weight is 289 g/mol. The van der Waals surface area contributed by atoms with Crippen LogP contribution >= 0.6 is 11.6 Å². The molecule has 0 saturated carbocycles. The summed E-state index contributed by atoms with van der Waals surface area (Å²) >= 11 is 6.00. The van der Waals surface area contributed by atoms with Crippen LogP contribution in [0.15, 0.2) is 42.7 Å². The Morgan fingerprint density at radius 1 is 1.15 bits per heavy atom. The van der Waals surface area contributed by atoms with Gasteiger partial charge in [0, 0.05) is 36.1 Å².